The van der Waals surface area contributed by atoms with Crippen LogP contribution in [-0.2, 0) is 20.2 Å². The number of halogens is 4. The second-order valence-electron chi connectivity index (χ2n) is 6.23. The number of aliphatic hydroxyl groups is 1. The highest BCUT2D eigenvalue weighted by Crippen LogP contribution is 2.36. The van der Waals surface area contributed by atoms with Crippen LogP contribution in [0.3, 0.4) is 0 Å². The predicted molar refractivity (Wildman–Crippen MR) is 103 cm³/mol. The summed E-state index contributed by atoms with van der Waals surface area (Å²) in [6.45, 7) is -0.619. The second kappa shape index (κ2) is 8.73. The normalized spacial score (nSPS) is 11.0. The van der Waals surface area contributed by atoms with Gasteiger partial charge in [0.05, 0.1) is 16.1 Å². The standard InChI is InChI=1S/C19H14BrF3N4O3/c1-26-15(25-27(9-28)19(26)29)7-11-2-3-14(20)17(16(11)21)30-13-5-10(8-24)4-12(6-13)18(22)23/h2-6,18,28H,7,9H2,1H3. The zero-order valence-electron chi connectivity index (χ0n) is 15.4. The van der Waals surface area contributed by atoms with Gasteiger partial charge in [-0.15, -0.1) is 0 Å². The average molecular weight is 483 g/mol. The molecule has 0 atom stereocenters. The molecule has 7 nitrogen and oxygen atoms in total. The molecular formula is C19H14BrF3N4O3. The highest BCUT2D eigenvalue weighted by atomic mass is 79.9. The number of alkyl halides is 2. The van der Waals surface area contributed by atoms with Crippen molar-refractivity contribution >= 4 is 15.9 Å². The van der Waals surface area contributed by atoms with Crippen LogP contribution >= 0.6 is 15.9 Å². The highest BCUT2D eigenvalue weighted by Gasteiger charge is 2.19. The third-order valence-electron chi connectivity index (χ3n) is 4.27. The van der Waals surface area contributed by atoms with Gasteiger partial charge in [-0.3, -0.25) is 4.57 Å². The molecule has 0 spiro atoms. The molecule has 0 saturated heterocycles. The summed E-state index contributed by atoms with van der Waals surface area (Å²) in [5, 5.41) is 22.1. The molecular weight excluding hydrogens is 469 g/mol. The summed E-state index contributed by atoms with van der Waals surface area (Å²) >= 11 is 3.16. The van der Waals surface area contributed by atoms with Gasteiger partial charge >= 0.3 is 5.69 Å². The monoisotopic (exact) mass is 482 g/mol. The first kappa shape index (κ1) is 21.6. The number of ether oxygens (including phenoxy) is 1. The van der Waals surface area contributed by atoms with E-state index >= 15 is 4.39 Å². The Bertz CT molecular complexity index is 1200. The van der Waals surface area contributed by atoms with Crippen molar-refractivity contribution in [2.45, 2.75) is 19.6 Å². The van der Waals surface area contributed by atoms with Gasteiger partial charge in [0.15, 0.2) is 11.6 Å². The molecule has 1 aromatic heterocycles. The number of nitriles is 1. The molecule has 1 N–H and O–H groups in total. The van der Waals surface area contributed by atoms with Crippen LogP contribution < -0.4 is 10.4 Å². The maximum Gasteiger partial charge on any atom is 0.347 e. The molecule has 0 radical (unpaired) electrons. The third-order valence-corrected chi connectivity index (χ3v) is 4.90. The van der Waals surface area contributed by atoms with E-state index in [1.807, 2.05) is 0 Å². The van der Waals surface area contributed by atoms with E-state index in [4.69, 9.17) is 15.1 Å². The molecule has 3 rings (SSSR count). The van der Waals surface area contributed by atoms with E-state index in [2.05, 4.69) is 21.0 Å². The lowest BCUT2D eigenvalue weighted by Gasteiger charge is -2.13. The summed E-state index contributed by atoms with van der Waals surface area (Å²) in [4.78, 5) is 11.9. The van der Waals surface area contributed by atoms with Crippen LogP contribution in [0.2, 0.25) is 0 Å². The fourth-order valence-electron chi connectivity index (χ4n) is 2.74. The van der Waals surface area contributed by atoms with Crippen LogP contribution in [0.5, 0.6) is 11.5 Å². The van der Waals surface area contributed by atoms with Gasteiger partial charge in [-0.05, 0) is 45.8 Å². The Kier molecular flexibility index (Phi) is 6.28. The summed E-state index contributed by atoms with van der Waals surface area (Å²) < 4.78 is 49.0. The van der Waals surface area contributed by atoms with Gasteiger partial charge in [-0.1, -0.05) is 6.07 Å². The first-order chi connectivity index (χ1) is 14.2. The van der Waals surface area contributed by atoms with Crippen LogP contribution in [0.1, 0.15) is 28.9 Å². The topological polar surface area (TPSA) is 93.1 Å². The predicted octanol–water partition coefficient (Wildman–Crippen LogP) is 3.63. The largest absolute Gasteiger partial charge is 0.453 e. The minimum Gasteiger partial charge on any atom is -0.453 e. The average Bonchev–Trinajstić information content (AvgIpc) is 3.00. The van der Waals surface area contributed by atoms with Crippen LogP contribution in [0.25, 0.3) is 0 Å². The fourth-order valence-corrected chi connectivity index (χ4v) is 3.13. The van der Waals surface area contributed by atoms with E-state index in [1.54, 1.807) is 6.07 Å². The SMILES string of the molecule is Cn1c(Cc2ccc(Br)c(Oc3cc(C#N)cc(C(F)F)c3)c2F)nn(CO)c1=O. The Morgan fingerprint density at radius 3 is 2.67 bits per heavy atom. The maximum absolute atomic E-state index is 15.1. The molecule has 0 unspecified atom stereocenters. The molecule has 0 bridgehead atoms. The lowest BCUT2D eigenvalue weighted by molar-refractivity contribution is 0.151. The highest BCUT2D eigenvalue weighted by molar-refractivity contribution is 9.10. The van der Waals surface area contributed by atoms with Crippen LogP contribution in [0.15, 0.2) is 39.6 Å². The molecule has 156 valence electrons. The molecule has 2 aromatic carbocycles. The lowest BCUT2D eigenvalue weighted by atomic mass is 10.1. The minimum absolute atomic E-state index is 0.0555. The smallest absolute Gasteiger partial charge is 0.347 e. The molecule has 30 heavy (non-hydrogen) atoms. The van der Waals surface area contributed by atoms with Crippen molar-refractivity contribution in [3.8, 4) is 17.6 Å². The van der Waals surface area contributed by atoms with Crippen molar-refractivity contribution in [1.82, 2.24) is 14.3 Å². The van der Waals surface area contributed by atoms with E-state index in [0.29, 0.717) is 0 Å². The van der Waals surface area contributed by atoms with Gasteiger partial charge in [-0.25, -0.2) is 18.0 Å². The van der Waals surface area contributed by atoms with Crippen molar-refractivity contribution in [3.05, 3.63) is 73.6 Å². The Morgan fingerprint density at radius 1 is 1.33 bits per heavy atom. The number of nitrogens with zero attached hydrogens (tertiary/aromatic N) is 4. The first-order valence-corrected chi connectivity index (χ1v) is 9.26. The zero-order valence-corrected chi connectivity index (χ0v) is 17.0. The van der Waals surface area contributed by atoms with Crippen molar-refractivity contribution in [2.24, 2.45) is 7.05 Å². The molecule has 0 aliphatic rings. The van der Waals surface area contributed by atoms with Crippen LogP contribution in [0.4, 0.5) is 13.2 Å². The molecule has 0 aliphatic carbocycles. The van der Waals surface area contributed by atoms with E-state index < -0.39 is 30.2 Å². The van der Waals surface area contributed by atoms with Crippen LogP contribution in [-0.4, -0.2) is 19.5 Å². The molecule has 3 aromatic rings. The number of hydrogen-bond donors (Lipinski definition) is 1. The Hall–Kier alpha value is -3.10. The van der Waals surface area contributed by atoms with E-state index in [1.165, 1.54) is 29.8 Å². The van der Waals surface area contributed by atoms with E-state index in [0.717, 1.165) is 16.8 Å². The zero-order chi connectivity index (χ0) is 22.0. The number of aromatic nitrogens is 3. The molecule has 0 fully saturated rings. The first-order valence-electron chi connectivity index (χ1n) is 8.46. The number of benzene rings is 2. The summed E-state index contributed by atoms with van der Waals surface area (Å²) in [5.74, 6) is -0.989. The van der Waals surface area contributed by atoms with E-state index in [-0.39, 0.29) is 39.3 Å². The van der Waals surface area contributed by atoms with Crippen LogP contribution in [0, 0.1) is 17.1 Å². The van der Waals surface area contributed by atoms with Gasteiger partial charge in [0.25, 0.3) is 6.43 Å². The second-order valence-corrected chi connectivity index (χ2v) is 7.08. The lowest BCUT2D eigenvalue weighted by Crippen LogP contribution is -2.23. The van der Waals surface area contributed by atoms with Crippen molar-refractivity contribution < 1.29 is 23.0 Å². The quantitative estimate of drug-likeness (QED) is 0.578. The summed E-state index contributed by atoms with van der Waals surface area (Å²) in [6.07, 6.45) is -2.92. The van der Waals surface area contributed by atoms with Gasteiger partial charge in [0.1, 0.15) is 18.3 Å². The number of rotatable bonds is 6. The van der Waals surface area contributed by atoms with Gasteiger partial charge in [0, 0.05) is 19.0 Å². The van der Waals surface area contributed by atoms with Crippen molar-refractivity contribution in [2.75, 3.05) is 0 Å². The Balaban J connectivity index is 1.99. The Labute approximate surface area is 176 Å². The fraction of sp³-hybridized carbons (Fsp3) is 0.211. The summed E-state index contributed by atoms with van der Waals surface area (Å²) in [6, 6.07) is 7.97. The maximum atomic E-state index is 15.1. The molecule has 1 heterocycles. The number of aliphatic hydroxyl groups excluding tert-OH is 1. The van der Waals surface area contributed by atoms with Gasteiger partial charge in [-0.2, -0.15) is 15.0 Å². The summed E-state index contributed by atoms with van der Waals surface area (Å²) in [5.41, 5.74) is -0.924. The van der Waals surface area contributed by atoms with Crippen molar-refractivity contribution in [1.29, 1.82) is 5.26 Å². The number of hydrogen-bond acceptors (Lipinski definition) is 5. The molecule has 11 heteroatoms. The van der Waals surface area contributed by atoms with Gasteiger partial charge in [0.2, 0.25) is 0 Å². The molecule has 0 aliphatic heterocycles. The minimum atomic E-state index is -2.83. The molecule has 0 saturated carbocycles. The van der Waals surface area contributed by atoms with Crippen molar-refractivity contribution in [3.63, 3.8) is 0 Å². The van der Waals surface area contributed by atoms with E-state index in [9.17, 15) is 13.6 Å². The third kappa shape index (κ3) is 4.24. The van der Waals surface area contributed by atoms with Gasteiger partial charge < -0.3 is 9.84 Å². The molecule has 0 amide bonds. The summed E-state index contributed by atoms with van der Waals surface area (Å²) in [7, 11) is 1.43. The Morgan fingerprint density at radius 2 is 2.07 bits per heavy atom.